The largest absolute Gasteiger partial charge is 0.497 e. The van der Waals surface area contributed by atoms with Crippen molar-refractivity contribution >= 4 is 27.5 Å². The number of rotatable bonds is 4. The van der Waals surface area contributed by atoms with E-state index in [1.165, 1.54) is 0 Å². The molecule has 0 spiro atoms. The van der Waals surface area contributed by atoms with E-state index in [2.05, 4.69) is 21.2 Å². The van der Waals surface area contributed by atoms with Crippen molar-refractivity contribution in [2.45, 2.75) is 11.8 Å². The number of ether oxygens (including phenoxy) is 2. The molecule has 4 nitrogen and oxygen atoms in total. The summed E-state index contributed by atoms with van der Waals surface area (Å²) in [5.74, 6) is 1.16. The predicted octanol–water partition coefficient (Wildman–Crippen LogP) is 2.43. The van der Waals surface area contributed by atoms with Crippen molar-refractivity contribution in [3.05, 3.63) is 18.2 Å². The summed E-state index contributed by atoms with van der Waals surface area (Å²) >= 11 is 3.19. The van der Waals surface area contributed by atoms with Gasteiger partial charge in [-0.1, -0.05) is 15.9 Å². The van der Waals surface area contributed by atoms with Crippen molar-refractivity contribution in [1.82, 2.24) is 0 Å². The molecule has 5 heteroatoms. The van der Waals surface area contributed by atoms with Gasteiger partial charge in [0.05, 0.1) is 19.0 Å². The molecule has 0 bridgehead atoms. The number of benzene rings is 1. The number of halogens is 1. The quantitative estimate of drug-likeness (QED) is 0.866. The molecule has 0 saturated heterocycles. The highest BCUT2D eigenvalue weighted by Crippen LogP contribution is 2.25. The molecule has 0 saturated carbocycles. The highest BCUT2D eigenvalue weighted by Gasteiger charge is 2.10. The number of nitrogens with one attached hydrogen (secondary N) is 1. The minimum absolute atomic E-state index is 0.115. The van der Waals surface area contributed by atoms with Crippen molar-refractivity contribution in [2.75, 3.05) is 19.5 Å². The van der Waals surface area contributed by atoms with Crippen molar-refractivity contribution < 1.29 is 14.3 Å². The van der Waals surface area contributed by atoms with Gasteiger partial charge >= 0.3 is 0 Å². The lowest BCUT2D eigenvalue weighted by Crippen LogP contribution is -2.19. The van der Waals surface area contributed by atoms with Crippen LogP contribution in [0.1, 0.15) is 6.92 Å². The summed E-state index contributed by atoms with van der Waals surface area (Å²) in [7, 11) is 3.13. The Morgan fingerprint density at radius 2 is 1.75 bits per heavy atom. The van der Waals surface area contributed by atoms with Gasteiger partial charge in [0.25, 0.3) is 0 Å². The summed E-state index contributed by atoms with van der Waals surface area (Å²) in [4.78, 5) is 11.2. The maximum atomic E-state index is 11.5. The SMILES string of the molecule is COc1cc(NC(=O)[C@H](C)Br)cc(OC)c1. The van der Waals surface area contributed by atoms with Crippen LogP contribution in [-0.4, -0.2) is 25.0 Å². The number of alkyl halides is 1. The third kappa shape index (κ3) is 3.41. The van der Waals surface area contributed by atoms with Crippen molar-refractivity contribution in [3.8, 4) is 11.5 Å². The summed E-state index contributed by atoms with van der Waals surface area (Å²) < 4.78 is 10.2. The fourth-order valence-corrected chi connectivity index (χ4v) is 1.24. The van der Waals surface area contributed by atoms with Gasteiger partial charge in [-0.2, -0.15) is 0 Å². The summed E-state index contributed by atoms with van der Waals surface area (Å²) in [6, 6.07) is 5.21. The molecule has 0 fully saturated rings. The summed E-state index contributed by atoms with van der Waals surface area (Å²) in [6.45, 7) is 1.76. The molecule has 0 aliphatic heterocycles. The van der Waals surface area contributed by atoms with E-state index in [4.69, 9.17) is 9.47 Å². The first-order valence-electron chi connectivity index (χ1n) is 4.75. The number of carbonyl (C=O) groups excluding carboxylic acids is 1. The number of amides is 1. The third-order valence-corrected chi connectivity index (χ3v) is 2.40. The maximum Gasteiger partial charge on any atom is 0.237 e. The average Bonchev–Trinajstić information content (AvgIpc) is 2.28. The van der Waals surface area contributed by atoms with Crippen molar-refractivity contribution in [2.24, 2.45) is 0 Å². The standard InChI is InChI=1S/C11H14BrNO3/c1-7(12)11(14)13-8-4-9(15-2)6-10(5-8)16-3/h4-7H,1-3H3,(H,13,14)/t7-/m0/s1. The monoisotopic (exact) mass is 287 g/mol. The molecule has 0 aromatic heterocycles. The molecule has 1 aromatic carbocycles. The van der Waals surface area contributed by atoms with Gasteiger partial charge in [0, 0.05) is 23.9 Å². The van der Waals surface area contributed by atoms with E-state index < -0.39 is 0 Å². The first kappa shape index (κ1) is 12.8. The smallest absolute Gasteiger partial charge is 0.237 e. The van der Waals surface area contributed by atoms with E-state index in [0.717, 1.165) is 0 Å². The lowest BCUT2D eigenvalue weighted by atomic mass is 10.2. The van der Waals surface area contributed by atoms with Crippen LogP contribution in [0, 0.1) is 0 Å². The van der Waals surface area contributed by atoms with Gasteiger partial charge in [-0.3, -0.25) is 4.79 Å². The summed E-state index contributed by atoms with van der Waals surface area (Å²) in [5.41, 5.74) is 0.646. The maximum absolute atomic E-state index is 11.5. The minimum Gasteiger partial charge on any atom is -0.497 e. The molecule has 1 rings (SSSR count). The van der Waals surface area contributed by atoms with E-state index in [0.29, 0.717) is 17.2 Å². The van der Waals surface area contributed by atoms with Gasteiger partial charge in [0.1, 0.15) is 11.5 Å². The second kappa shape index (κ2) is 5.75. The molecule has 0 aliphatic carbocycles. The van der Waals surface area contributed by atoms with E-state index >= 15 is 0 Å². The molecule has 1 atom stereocenters. The number of hydrogen-bond donors (Lipinski definition) is 1. The first-order chi connectivity index (χ1) is 7.56. The summed E-state index contributed by atoms with van der Waals surface area (Å²) in [5, 5.41) is 2.74. The molecule has 0 heterocycles. The van der Waals surface area contributed by atoms with E-state index in [9.17, 15) is 4.79 Å². The van der Waals surface area contributed by atoms with Crippen LogP contribution in [0.15, 0.2) is 18.2 Å². The molecule has 0 aliphatic rings. The first-order valence-corrected chi connectivity index (χ1v) is 5.66. The Morgan fingerprint density at radius 1 is 1.25 bits per heavy atom. The Bertz CT molecular complexity index is 357. The van der Waals surface area contributed by atoms with Crippen LogP contribution in [-0.2, 0) is 4.79 Å². The number of carbonyl (C=O) groups is 1. The van der Waals surface area contributed by atoms with Gasteiger partial charge in [-0.25, -0.2) is 0 Å². The second-order valence-electron chi connectivity index (χ2n) is 3.21. The summed E-state index contributed by atoms with van der Waals surface area (Å²) in [6.07, 6.45) is 0. The van der Waals surface area contributed by atoms with Crippen LogP contribution in [0.5, 0.6) is 11.5 Å². The minimum atomic E-state index is -0.246. The average molecular weight is 288 g/mol. The van der Waals surface area contributed by atoms with Gasteiger partial charge in [-0.15, -0.1) is 0 Å². The number of methoxy groups -OCH3 is 2. The molecule has 16 heavy (non-hydrogen) atoms. The van der Waals surface area contributed by atoms with Crippen molar-refractivity contribution in [1.29, 1.82) is 0 Å². The van der Waals surface area contributed by atoms with Gasteiger partial charge in [0.15, 0.2) is 0 Å². The van der Waals surface area contributed by atoms with E-state index in [-0.39, 0.29) is 10.7 Å². The van der Waals surface area contributed by atoms with Gasteiger partial charge in [0.2, 0.25) is 5.91 Å². The Balaban J connectivity index is 2.91. The number of anilines is 1. The molecule has 0 radical (unpaired) electrons. The van der Waals surface area contributed by atoms with Crippen LogP contribution in [0.4, 0.5) is 5.69 Å². The topological polar surface area (TPSA) is 47.6 Å². The molecule has 0 unspecified atom stereocenters. The molecule has 88 valence electrons. The van der Waals surface area contributed by atoms with Gasteiger partial charge in [-0.05, 0) is 6.92 Å². The Morgan fingerprint density at radius 3 is 2.12 bits per heavy atom. The molecule has 1 aromatic rings. The molecular weight excluding hydrogens is 274 g/mol. The Hall–Kier alpha value is -1.23. The van der Waals surface area contributed by atoms with Crippen LogP contribution in [0.3, 0.4) is 0 Å². The Labute approximate surface area is 103 Å². The van der Waals surface area contributed by atoms with Gasteiger partial charge < -0.3 is 14.8 Å². The lowest BCUT2D eigenvalue weighted by Gasteiger charge is -2.10. The zero-order valence-electron chi connectivity index (χ0n) is 9.41. The predicted molar refractivity (Wildman–Crippen MR) is 66.6 cm³/mol. The second-order valence-corrected chi connectivity index (χ2v) is 4.58. The van der Waals surface area contributed by atoms with Crippen LogP contribution in [0.25, 0.3) is 0 Å². The van der Waals surface area contributed by atoms with Crippen LogP contribution < -0.4 is 14.8 Å². The van der Waals surface area contributed by atoms with E-state index in [1.807, 2.05) is 0 Å². The normalized spacial score (nSPS) is 11.8. The highest BCUT2D eigenvalue weighted by atomic mass is 79.9. The zero-order chi connectivity index (χ0) is 12.1. The molecular formula is C11H14BrNO3. The fraction of sp³-hybridized carbons (Fsp3) is 0.364. The zero-order valence-corrected chi connectivity index (χ0v) is 11.0. The van der Waals surface area contributed by atoms with Crippen LogP contribution in [0.2, 0.25) is 0 Å². The van der Waals surface area contributed by atoms with Crippen LogP contribution >= 0.6 is 15.9 Å². The number of hydrogen-bond acceptors (Lipinski definition) is 3. The molecule has 1 amide bonds. The Kier molecular flexibility index (Phi) is 4.61. The molecule has 1 N–H and O–H groups in total. The fourth-order valence-electron chi connectivity index (χ4n) is 1.12. The highest BCUT2D eigenvalue weighted by molar-refractivity contribution is 9.10. The van der Waals surface area contributed by atoms with E-state index in [1.54, 1.807) is 39.3 Å². The third-order valence-electron chi connectivity index (χ3n) is 1.98. The van der Waals surface area contributed by atoms with Crippen molar-refractivity contribution in [3.63, 3.8) is 0 Å². The lowest BCUT2D eigenvalue weighted by molar-refractivity contribution is -0.115.